The third-order valence-corrected chi connectivity index (χ3v) is 4.19. The van der Waals surface area contributed by atoms with Crippen molar-refractivity contribution in [2.24, 2.45) is 7.05 Å². The molecular weight excluding hydrogens is 262 g/mol. The van der Waals surface area contributed by atoms with E-state index in [1.165, 1.54) is 11.1 Å². The summed E-state index contributed by atoms with van der Waals surface area (Å²) >= 11 is 0. The van der Waals surface area contributed by atoms with Crippen LogP contribution in [-0.4, -0.2) is 26.6 Å². The molecule has 2 aromatic rings. The first-order valence-corrected chi connectivity index (χ1v) is 7.41. The van der Waals surface area contributed by atoms with Gasteiger partial charge in [-0.25, -0.2) is 0 Å². The molecule has 0 N–H and O–H groups in total. The molecule has 1 heterocycles. The fraction of sp³-hybridized carbons (Fsp3) is 0.412. The number of rotatable bonds is 4. The first-order chi connectivity index (χ1) is 10.1. The Labute approximate surface area is 125 Å². The van der Waals surface area contributed by atoms with Crippen LogP contribution >= 0.6 is 0 Å². The van der Waals surface area contributed by atoms with Gasteiger partial charge in [0.15, 0.2) is 0 Å². The highest BCUT2D eigenvalue weighted by Gasteiger charge is 2.34. The quantitative estimate of drug-likeness (QED) is 0.865. The Morgan fingerprint density at radius 3 is 2.48 bits per heavy atom. The molecule has 0 atom stereocenters. The minimum atomic E-state index is 0.101. The lowest BCUT2D eigenvalue weighted by molar-refractivity contribution is 0.0729. The molecule has 1 saturated carbocycles. The zero-order valence-corrected chi connectivity index (χ0v) is 12.8. The number of benzene rings is 1. The molecule has 1 amide bonds. The Balaban J connectivity index is 1.83. The van der Waals surface area contributed by atoms with Crippen LogP contribution < -0.4 is 0 Å². The molecule has 3 rings (SSSR count). The van der Waals surface area contributed by atoms with E-state index in [1.54, 1.807) is 10.9 Å². The number of hydrogen-bond donors (Lipinski definition) is 0. The average Bonchev–Trinajstić information content (AvgIpc) is 3.25. The highest BCUT2D eigenvalue weighted by molar-refractivity contribution is 5.95. The first kappa shape index (κ1) is 13.9. The van der Waals surface area contributed by atoms with Crippen LogP contribution in [0.4, 0.5) is 0 Å². The lowest BCUT2D eigenvalue weighted by Gasteiger charge is -2.22. The molecule has 110 valence electrons. The fourth-order valence-corrected chi connectivity index (χ4v) is 2.51. The summed E-state index contributed by atoms with van der Waals surface area (Å²) in [5, 5.41) is 4.19. The first-order valence-electron chi connectivity index (χ1n) is 7.41. The van der Waals surface area contributed by atoms with Crippen molar-refractivity contribution >= 4 is 5.91 Å². The van der Waals surface area contributed by atoms with Gasteiger partial charge in [-0.1, -0.05) is 29.8 Å². The largest absolute Gasteiger partial charge is 0.331 e. The predicted molar refractivity (Wildman–Crippen MR) is 82.0 cm³/mol. The SMILES string of the molecule is Cc1ccc(CN(C(=O)c2cnn(C)c2C)C2CC2)cc1. The second-order valence-corrected chi connectivity index (χ2v) is 5.92. The second-order valence-electron chi connectivity index (χ2n) is 5.92. The van der Waals surface area contributed by atoms with Gasteiger partial charge in [-0.3, -0.25) is 9.48 Å². The minimum absolute atomic E-state index is 0.101. The number of aryl methyl sites for hydroxylation is 2. The Morgan fingerprint density at radius 1 is 1.29 bits per heavy atom. The van der Waals surface area contributed by atoms with Crippen molar-refractivity contribution < 1.29 is 4.79 Å². The smallest absolute Gasteiger partial charge is 0.257 e. The molecule has 21 heavy (non-hydrogen) atoms. The van der Waals surface area contributed by atoms with Crippen molar-refractivity contribution in [1.82, 2.24) is 14.7 Å². The van der Waals surface area contributed by atoms with E-state index >= 15 is 0 Å². The van der Waals surface area contributed by atoms with Gasteiger partial charge >= 0.3 is 0 Å². The van der Waals surface area contributed by atoms with Crippen LogP contribution in [0.3, 0.4) is 0 Å². The Bertz CT molecular complexity index is 653. The molecule has 0 spiro atoms. The highest BCUT2D eigenvalue weighted by Crippen LogP contribution is 2.30. The summed E-state index contributed by atoms with van der Waals surface area (Å²) in [6, 6.07) is 8.79. The van der Waals surface area contributed by atoms with Gasteiger partial charge in [-0.05, 0) is 32.3 Å². The van der Waals surface area contributed by atoms with E-state index < -0.39 is 0 Å². The maximum atomic E-state index is 12.8. The molecule has 0 saturated heterocycles. The zero-order valence-electron chi connectivity index (χ0n) is 12.8. The molecule has 1 aliphatic carbocycles. The summed E-state index contributed by atoms with van der Waals surface area (Å²) in [4.78, 5) is 14.8. The number of aromatic nitrogens is 2. The van der Waals surface area contributed by atoms with E-state index in [4.69, 9.17) is 0 Å². The number of carbonyl (C=O) groups is 1. The van der Waals surface area contributed by atoms with Crippen molar-refractivity contribution in [2.75, 3.05) is 0 Å². The lowest BCUT2D eigenvalue weighted by atomic mass is 10.1. The van der Waals surface area contributed by atoms with E-state index in [0.717, 1.165) is 24.1 Å². The maximum absolute atomic E-state index is 12.8. The molecule has 0 unspecified atom stereocenters. The molecule has 4 nitrogen and oxygen atoms in total. The standard InChI is InChI=1S/C17H21N3O/c1-12-4-6-14(7-5-12)11-20(15-8-9-15)17(21)16-10-18-19(3)13(16)2/h4-7,10,15H,8-9,11H2,1-3H3. The van der Waals surface area contributed by atoms with E-state index in [0.29, 0.717) is 12.6 Å². The molecule has 1 aromatic carbocycles. The fourth-order valence-electron chi connectivity index (χ4n) is 2.51. The topological polar surface area (TPSA) is 38.1 Å². The summed E-state index contributed by atoms with van der Waals surface area (Å²) in [5.41, 5.74) is 4.07. The van der Waals surface area contributed by atoms with Gasteiger partial charge < -0.3 is 4.90 Å². The zero-order chi connectivity index (χ0) is 15.0. The van der Waals surface area contributed by atoms with E-state index in [-0.39, 0.29) is 5.91 Å². The third-order valence-electron chi connectivity index (χ3n) is 4.19. The van der Waals surface area contributed by atoms with Crippen molar-refractivity contribution in [2.45, 2.75) is 39.3 Å². The van der Waals surface area contributed by atoms with Crippen LogP contribution in [0.15, 0.2) is 30.5 Å². The van der Waals surface area contributed by atoms with Crippen LogP contribution in [0.2, 0.25) is 0 Å². The highest BCUT2D eigenvalue weighted by atomic mass is 16.2. The lowest BCUT2D eigenvalue weighted by Crippen LogP contribution is -2.32. The van der Waals surface area contributed by atoms with Gasteiger partial charge in [0.1, 0.15) is 0 Å². The van der Waals surface area contributed by atoms with Gasteiger partial charge in [0, 0.05) is 25.3 Å². The van der Waals surface area contributed by atoms with Crippen LogP contribution in [-0.2, 0) is 13.6 Å². The molecule has 1 aliphatic rings. The van der Waals surface area contributed by atoms with E-state index in [2.05, 4.69) is 36.3 Å². The van der Waals surface area contributed by atoms with E-state index in [9.17, 15) is 4.79 Å². The summed E-state index contributed by atoms with van der Waals surface area (Å²) in [7, 11) is 1.87. The molecule has 1 aromatic heterocycles. The summed E-state index contributed by atoms with van der Waals surface area (Å²) in [5.74, 6) is 0.101. The van der Waals surface area contributed by atoms with Crippen LogP contribution in [0.25, 0.3) is 0 Å². The average molecular weight is 283 g/mol. The number of amides is 1. The normalized spacial score (nSPS) is 14.2. The van der Waals surface area contributed by atoms with Gasteiger partial charge in [0.25, 0.3) is 5.91 Å². The maximum Gasteiger partial charge on any atom is 0.257 e. The molecule has 4 heteroatoms. The summed E-state index contributed by atoms with van der Waals surface area (Å²) in [6.45, 7) is 4.70. The van der Waals surface area contributed by atoms with Crippen molar-refractivity contribution in [3.63, 3.8) is 0 Å². The van der Waals surface area contributed by atoms with Gasteiger partial charge in [0.2, 0.25) is 0 Å². The third kappa shape index (κ3) is 2.84. The second kappa shape index (κ2) is 5.35. The van der Waals surface area contributed by atoms with Gasteiger partial charge in [-0.2, -0.15) is 5.10 Å². The van der Waals surface area contributed by atoms with Crippen molar-refractivity contribution in [3.05, 3.63) is 52.8 Å². The molecule has 0 radical (unpaired) electrons. The Kier molecular flexibility index (Phi) is 3.53. The minimum Gasteiger partial charge on any atom is -0.331 e. The number of carbonyl (C=O) groups excluding carboxylic acids is 1. The van der Waals surface area contributed by atoms with E-state index in [1.807, 2.05) is 18.9 Å². The van der Waals surface area contributed by atoms with Gasteiger partial charge in [-0.15, -0.1) is 0 Å². The molecule has 0 aliphatic heterocycles. The molecule has 1 fully saturated rings. The van der Waals surface area contributed by atoms with Crippen LogP contribution in [0.1, 0.15) is 40.0 Å². The predicted octanol–water partition coefficient (Wildman–Crippen LogP) is 2.84. The van der Waals surface area contributed by atoms with Crippen LogP contribution in [0, 0.1) is 13.8 Å². The molecular formula is C17H21N3O. The van der Waals surface area contributed by atoms with Gasteiger partial charge in [0.05, 0.1) is 11.8 Å². The summed E-state index contributed by atoms with van der Waals surface area (Å²) < 4.78 is 1.75. The van der Waals surface area contributed by atoms with Crippen molar-refractivity contribution in [1.29, 1.82) is 0 Å². The Morgan fingerprint density at radius 2 is 1.95 bits per heavy atom. The number of nitrogens with zero attached hydrogens (tertiary/aromatic N) is 3. The Hall–Kier alpha value is -2.10. The van der Waals surface area contributed by atoms with Crippen molar-refractivity contribution in [3.8, 4) is 0 Å². The molecule has 0 bridgehead atoms. The monoisotopic (exact) mass is 283 g/mol. The summed E-state index contributed by atoms with van der Waals surface area (Å²) in [6.07, 6.45) is 3.90. The number of hydrogen-bond acceptors (Lipinski definition) is 2. The van der Waals surface area contributed by atoms with Crippen LogP contribution in [0.5, 0.6) is 0 Å².